The Morgan fingerprint density at radius 3 is 2.20 bits per heavy atom. The van der Waals surface area contributed by atoms with E-state index >= 15 is 0 Å². The molecule has 0 amide bonds. The largest absolute Gasteiger partial charge is 0.462 e. The Bertz CT molecular complexity index is 1590. The molecule has 0 radical (unpaired) electrons. The maximum atomic E-state index is 14.2. The molecule has 1 heterocycles. The molecule has 0 spiro atoms. The van der Waals surface area contributed by atoms with E-state index in [4.69, 9.17) is 9.47 Å². The van der Waals surface area contributed by atoms with Gasteiger partial charge in [-0.15, -0.1) is 0 Å². The first kappa shape index (κ1) is 22.3. The number of carbonyl (C=O) groups excluding carboxylic acids is 2. The summed E-state index contributed by atoms with van der Waals surface area (Å²) in [6, 6.07) is 24.5. The van der Waals surface area contributed by atoms with Crippen LogP contribution in [0.4, 0.5) is 4.39 Å². The van der Waals surface area contributed by atoms with E-state index in [-0.39, 0.29) is 17.9 Å². The van der Waals surface area contributed by atoms with Crippen LogP contribution in [0, 0.1) is 12.7 Å². The van der Waals surface area contributed by atoms with Gasteiger partial charge in [0.15, 0.2) is 0 Å². The lowest BCUT2D eigenvalue weighted by atomic mass is 10.0. The number of hydrogen-bond acceptors (Lipinski definition) is 4. The van der Waals surface area contributed by atoms with Crippen molar-refractivity contribution in [3.8, 4) is 11.4 Å². The van der Waals surface area contributed by atoms with Gasteiger partial charge in [0.1, 0.15) is 11.6 Å². The lowest BCUT2D eigenvalue weighted by molar-refractivity contribution is 0.0527. The minimum atomic E-state index is -0.815. The van der Waals surface area contributed by atoms with Gasteiger partial charge in [-0.25, -0.2) is 14.0 Å². The van der Waals surface area contributed by atoms with Crippen molar-refractivity contribution >= 4 is 33.6 Å². The number of carbonyl (C=O) groups is 2. The molecule has 6 heteroatoms. The Labute approximate surface area is 201 Å². The van der Waals surface area contributed by atoms with E-state index in [1.54, 1.807) is 19.1 Å². The van der Waals surface area contributed by atoms with E-state index in [2.05, 4.69) is 0 Å². The van der Waals surface area contributed by atoms with Crippen LogP contribution in [0.5, 0.6) is 5.75 Å². The Morgan fingerprint density at radius 1 is 0.829 bits per heavy atom. The predicted octanol–water partition coefficient (Wildman–Crippen LogP) is 6.63. The van der Waals surface area contributed by atoms with E-state index in [1.165, 1.54) is 18.2 Å². The third-order valence-electron chi connectivity index (χ3n) is 5.96. The zero-order chi connectivity index (χ0) is 24.5. The van der Waals surface area contributed by atoms with Crippen molar-refractivity contribution in [1.29, 1.82) is 0 Å². The van der Waals surface area contributed by atoms with Crippen LogP contribution in [0.3, 0.4) is 0 Å². The number of ether oxygens (including phenoxy) is 2. The monoisotopic (exact) mass is 467 g/mol. The number of para-hydroxylation sites is 1. The average Bonchev–Trinajstić information content (AvgIpc) is 3.17. The molecule has 4 aromatic carbocycles. The van der Waals surface area contributed by atoms with Gasteiger partial charge in [-0.05, 0) is 44.2 Å². The lowest BCUT2D eigenvalue weighted by Crippen LogP contribution is -2.11. The van der Waals surface area contributed by atoms with Crippen LogP contribution >= 0.6 is 0 Å². The normalized spacial score (nSPS) is 11.1. The summed E-state index contributed by atoms with van der Waals surface area (Å²) < 4.78 is 27.3. The Balaban J connectivity index is 1.81. The molecule has 0 bridgehead atoms. The third-order valence-corrected chi connectivity index (χ3v) is 5.96. The summed E-state index contributed by atoms with van der Waals surface area (Å²) in [5.41, 5.74) is 2.59. The number of rotatable bonds is 5. The number of hydrogen-bond donors (Lipinski definition) is 0. The number of fused-ring (bicyclic) bond motifs is 3. The Kier molecular flexibility index (Phi) is 5.79. The molecule has 0 aliphatic heterocycles. The van der Waals surface area contributed by atoms with Crippen LogP contribution in [-0.2, 0) is 4.74 Å². The van der Waals surface area contributed by atoms with Gasteiger partial charge in [-0.1, -0.05) is 54.6 Å². The van der Waals surface area contributed by atoms with E-state index in [0.717, 1.165) is 16.6 Å². The third kappa shape index (κ3) is 3.83. The van der Waals surface area contributed by atoms with Gasteiger partial charge in [-0.2, -0.15) is 0 Å². The van der Waals surface area contributed by atoms with Crippen LogP contribution < -0.4 is 4.74 Å². The predicted molar refractivity (Wildman–Crippen MR) is 133 cm³/mol. The van der Waals surface area contributed by atoms with Crippen molar-refractivity contribution < 1.29 is 23.5 Å². The smallest absolute Gasteiger partial charge is 0.346 e. The summed E-state index contributed by atoms with van der Waals surface area (Å²) in [7, 11) is 0. The van der Waals surface area contributed by atoms with Gasteiger partial charge >= 0.3 is 11.9 Å². The minimum absolute atomic E-state index is 0.166. The molecule has 0 aliphatic carbocycles. The van der Waals surface area contributed by atoms with Gasteiger partial charge in [0.2, 0.25) is 0 Å². The van der Waals surface area contributed by atoms with E-state index in [9.17, 15) is 14.0 Å². The highest BCUT2D eigenvalue weighted by molar-refractivity contribution is 6.17. The summed E-state index contributed by atoms with van der Waals surface area (Å²) in [6.07, 6.45) is 0. The molecule has 5 rings (SSSR count). The van der Waals surface area contributed by atoms with Gasteiger partial charge in [-0.3, -0.25) is 0 Å². The van der Waals surface area contributed by atoms with Crippen molar-refractivity contribution in [3.05, 3.63) is 108 Å². The fourth-order valence-corrected chi connectivity index (χ4v) is 4.46. The first-order valence-corrected chi connectivity index (χ1v) is 11.3. The molecule has 0 N–H and O–H groups in total. The van der Waals surface area contributed by atoms with E-state index in [1.807, 2.05) is 66.1 Å². The van der Waals surface area contributed by atoms with Gasteiger partial charge in [0, 0.05) is 27.5 Å². The van der Waals surface area contributed by atoms with E-state index in [0.29, 0.717) is 22.0 Å². The number of benzene rings is 4. The maximum Gasteiger partial charge on any atom is 0.346 e. The Hall–Kier alpha value is -4.45. The van der Waals surface area contributed by atoms with Crippen molar-refractivity contribution in [1.82, 2.24) is 4.57 Å². The standard InChI is InChI=1S/C29H22FNO4/c1-3-34-29(33)26-18(2)31(19-11-5-4-6-12-19)27-21-14-8-7-13-20(21)25(17-23(26)27)35-28(32)22-15-9-10-16-24(22)30/h4-17H,3H2,1-2H3. The SMILES string of the molecule is CCOC(=O)c1c(C)n(-c2ccccc2)c2c1cc(OC(=O)c1ccccc1F)c1ccccc12. The highest BCUT2D eigenvalue weighted by Gasteiger charge is 2.26. The molecule has 0 unspecified atom stereocenters. The first-order valence-electron chi connectivity index (χ1n) is 11.3. The highest BCUT2D eigenvalue weighted by atomic mass is 19.1. The maximum absolute atomic E-state index is 14.2. The molecule has 0 aliphatic rings. The molecule has 5 aromatic rings. The highest BCUT2D eigenvalue weighted by Crippen LogP contribution is 2.40. The summed E-state index contributed by atoms with van der Waals surface area (Å²) in [6.45, 7) is 3.83. The summed E-state index contributed by atoms with van der Waals surface area (Å²) in [4.78, 5) is 25.9. The van der Waals surface area contributed by atoms with Crippen molar-refractivity contribution in [3.63, 3.8) is 0 Å². The number of nitrogens with zero attached hydrogens (tertiary/aromatic N) is 1. The molecule has 0 saturated heterocycles. The van der Waals surface area contributed by atoms with Crippen molar-refractivity contribution in [2.24, 2.45) is 0 Å². The van der Waals surface area contributed by atoms with E-state index < -0.39 is 17.8 Å². The fraction of sp³-hybridized carbons (Fsp3) is 0.103. The number of esters is 2. The molecule has 0 saturated carbocycles. The van der Waals surface area contributed by atoms with Gasteiger partial charge in [0.05, 0.1) is 23.3 Å². The van der Waals surface area contributed by atoms with Crippen LogP contribution in [-0.4, -0.2) is 23.1 Å². The molecule has 5 nitrogen and oxygen atoms in total. The number of aromatic nitrogens is 1. The van der Waals surface area contributed by atoms with Gasteiger partial charge < -0.3 is 14.0 Å². The average molecular weight is 467 g/mol. The van der Waals surface area contributed by atoms with Crippen LogP contribution in [0.15, 0.2) is 84.9 Å². The second-order valence-electron chi connectivity index (χ2n) is 8.04. The summed E-state index contributed by atoms with van der Waals surface area (Å²) in [5.74, 6) is -1.71. The lowest BCUT2D eigenvalue weighted by Gasteiger charge is -2.13. The molecule has 0 fully saturated rings. The van der Waals surface area contributed by atoms with Crippen molar-refractivity contribution in [2.75, 3.05) is 6.61 Å². The van der Waals surface area contributed by atoms with Gasteiger partial charge in [0.25, 0.3) is 0 Å². The molecular formula is C29H22FNO4. The molecule has 1 aromatic heterocycles. The summed E-state index contributed by atoms with van der Waals surface area (Å²) in [5, 5.41) is 2.03. The Morgan fingerprint density at radius 2 is 1.49 bits per heavy atom. The summed E-state index contributed by atoms with van der Waals surface area (Å²) >= 11 is 0. The van der Waals surface area contributed by atoms with Crippen LogP contribution in [0.1, 0.15) is 33.3 Å². The van der Waals surface area contributed by atoms with Crippen LogP contribution in [0.2, 0.25) is 0 Å². The first-order chi connectivity index (χ1) is 17.0. The van der Waals surface area contributed by atoms with Crippen molar-refractivity contribution in [2.45, 2.75) is 13.8 Å². The molecule has 174 valence electrons. The quantitative estimate of drug-likeness (QED) is 0.215. The molecular weight excluding hydrogens is 445 g/mol. The fourth-order valence-electron chi connectivity index (χ4n) is 4.46. The van der Waals surface area contributed by atoms with Crippen LogP contribution in [0.25, 0.3) is 27.4 Å². The zero-order valence-electron chi connectivity index (χ0n) is 19.2. The number of halogens is 1. The topological polar surface area (TPSA) is 57.5 Å². The molecule has 0 atom stereocenters. The zero-order valence-corrected chi connectivity index (χ0v) is 19.2. The second kappa shape index (κ2) is 9.06. The second-order valence-corrected chi connectivity index (χ2v) is 8.04. The minimum Gasteiger partial charge on any atom is -0.462 e. The molecule has 35 heavy (non-hydrogen) atoms.